The first-order valence-corrected chi connectivity index (χ1v) is 7.72. The average Bonchev–Trinajstić information content (AvgIpc) is 2.27. The second kappa shape index (κ2) is 3.71. The molecule has 2 nitrogen and oxygen atoms in total. The van der Waals surface area contributed by atoms with Crippen molar-refractivity contribution in [2.75, 3.05) is 19.6 Å². The molecular weight excluding hydrogens is 208 g/mol. The highest BCUT2D eigenvalue weighted by atomic mass is 15.3. The van der Waals surface area contributed by atoms with Crippen LogP contribution in [0.15, 0.2) is 0 Å². The topological polar surface area (TPSA) is 15.3 Å². The zero-order valence-corrected chi connectivity index (χ0v) is 11.1. The first-order valence-electron chi connectivity index (χ1n) is 7.72. The van der Waals surface area contributed by atoms with Crippen molar-refractivity contribution in [3.63, 3.8) is 0 Å². The average molecular weight is 234 g/mol. The van der Waals surface area contributed by atoms with E-state index in [1.807, 2.05) is 0 Å². The Morgan fingerprint density at radius 3 is 2.12 bits per heavy atom. The van der Waals surface area contributed by atoms with E-state index in [-0.39, 0.29) is 0 Å². The molecule has 1 aliphatic heterocycles. The fourth-order valence-corrected chi connectivity index (χ4v) is 5.82. The molecule has 96 valence electrons. The molecule has 0 amide bonds. The van der Waals surface area contributed by atoms with Gasteiger partial charge < -0.3 is 5.32 Å². The molecule has 1 unspecified atom stereocenters. The summed E-state index contributed by atoms with van der Waals surface area (Å²) in [5.41, 5.74) is 0.644. The number of hydrogen-bond donors (Lipinski definition) is 1. The summed E-state index contributed by atoms with van der Waals surface area (Å²) in [5, 5.41) is 3.60. The van der Waals surface area contributed by atoms with Crippen molar-refractivity contribution < 1.29 is 0 Å². The van der Waals surface area contributed by atoms with Crippen LogP contribution in [0.25, 0.3) is 0 Å². The standard InChI is InChI=1S/C15H26N2/c1-11-10-17(3-2-16-11)15-7-12-4-13(8-15)6-14(5-12)9-15/h11-14,16H,2-10H2,1H3. The number of nitrogens with one attached hydrogen (secondary N) is 1. The third kappa shape index (κ3) is 1.67. The largest absolute Gasteiger partial charge is 0.312 e. The maximum Gasteiger partial charge on any atom is 0.0218 e. The van der Waals surface area contributed by atoms with Crippen molar-refractivity contribution in [2.24, 2.45) is 17.8 Å². The highest BCUT2D eigenvalue weighted by molar-refractivity contribution is 5.08. The van der Waals surface area contributed by atoms with E-state index in [4.69, 9.17) is 0 Å². The predicted octanol–water partition coefficient (Wildman–Crippen LogP) is 2.25. The summed E-state index contributed by atoms with van der Waals surface area (Å²) < 4.78 is 0. The zero-order chi connectivity index (χ0) is 11.5. The van der Waals surface area contributed by atoms with Crippen molar-refractivity contribution >= 4 is 0 Å². The van der Waals surface area contributed by atoms with Gasteiger partial charge in [0.1, 0.15) is 0 Å². The summed E-state index contributed by atoms with van der Waals surface area (Å²) in [6.45, 7) is 6.16. The second-order valence-electron chi connectivity index (χ2n) is 7.44. The molecule has 5 aliphatic rings. The smallest absolute Gasteiger partial charge is 0.0218 e. The van der Waals surface area contributed by atoms with Crippen LogP contribution in [0.4, 0.5) is 0 Å². The zero-order valence-electron chi connectivity index (χ0n) is 11.1. The lowest BCUT2D eigenvalue weighted by Crippen LogP contribution is -2.64. The van der Waals surface area contributed by atoms with Crippen LogP contribution in [0.5, 0.6) is 0 Å². The van der Waals surface area contributed by atoms with Gasteiger partial charge >= 0.3 is 0 Å². The first-order chi connectivity index (χ1) is 8.23. The van der Waals surface area contributed by atoms with Gasteiger partial charge in [-0.3, -0.25) is 4.90 Å². The van der Waals surface area contributed by atoms with E-state index in [2.05, 4.69) is 17.1 Å². The Kier molecular flexibility index (Phi) is 2.36. The number of piperazine rings is 1. The molecule has 17 heavy (non-hydrogen) atoms. The monoisotopic (exact) mass is 234 g/mol. The van der Waals surface area contributed by atoms with Gasteiger partial charge in [0, 0.05) is 31.2 Å². The molecule has 1 heterocycles. The Morgan fingerprint density at radius 2 is 1.59 bits per heavy atom. The van der Waals surface area contributed by atoms with Crippen molar-refractivity contribution in [1.29, 1.82) is 0 Å². The fraction of sp³-hybridized carbons (Fsp3) is 1.00. The van der Waals surface area contributed by atoms with E-state index in [1.54, 1.807) is 19.3 Å². The van der Waals surface area contributed by atoms with E-state index in [0.29, 0.717) is 11.6 Å². The molecule has 5 fully saturated rings. The van der Waals surface area contributed by atoms with Crippen molar-refractivity contribution in [3.05, 3.63) is 0 Å². The lowest BCUT2D eigenvalue weighted by atomic mass is 9.52. The van der Waals surface area contributed by atoms with Crippen LogP contribution in [-0.4, -0.2) is 36.1 Å². The molecule has 1 atom stereocenters. The predicted molar refractivity (Wildman–Crippen MR) is 69.9 cm³/mol. The Morgan fingerprint density at radius 1 is 1.00 bits per heavy atom. The van der Waals surface area contributed by atoms with E-state index in [1.165, 1.54) is 38.9 Å². The fourth-order valence-electron chi connectivity index (χ4n) is 5.82. The Balaban J connectivity index is 1.59. The summed E-state index contributed by atoms with van der Waals surface area (Å²) in [7, 11) is 0. The molecule has 0 aromatic heterocycles. The minimum absolute atomic E-state index is 0.644. The first kappa shape index (κ1) is 10.8. The molecule has 0 spiro atoms. The van der Waals surface area contributed by atoms with E-state index >= 15 is 0 Å². The number of nitrogens with zero attached hydrogens (tertiary/aromatic N) is 1. The summed E-state index contributed by atoms with van der Waals surface area (Å²) >= 11 is 0. The lowest BCUT2D eigenvalue weighted by Gasteiger charge is -2.61. The second-order valence-corrected chi connectivity index (χ2v) is 7.44. The molecule has 0 aromatic carbocycles. The Labute approximate surface area is 105 Å². The molecule has 1 saturated heterocycles. The number of rotatable bonds is 1. The van der Waals surface area contributed by atoms with Gasteiger partial charge in [-0.15, -0.1) is 0 Å². The van der Waals surface area contributed by atoms with Gasteiger partial charge in [-0.25, -0.2) is 0 Å². The third-order valence-electron chi connectivity index (χ3n) is 6.05. The lowest BCUT2D eigenvalue weighted by molar-refractivity contribution is -0.0958. The molecule has 4 saturated carbocycles. The van der Waals surface area contributed by atoms with Crippen LogP contribution in [0.3, 0.4) is 0 Å². The van der Waals surface area contributed by atoms with Crippen molar-refractivity contribution in [3.8, 4) is 0 Å². The minimum atomic E-state index is 0.644. The van der Waals surface area contributed by atoms with E-state index in [0.717, 1.165) is 17.8 Å². The molecule has 4 bridgehead atoms. The minimum Gasteiger partial charge on any atom is -0.312 e. The van der Waals surface area contributed by atoms with Gasteiger partial charge in [0.05, 0.1) is 0 Å². The molecule has 0 aromatic rings. The van der Waals surface area contributed by atoms with Gasteiger partial charge in [-0.2, -0.15) is 0 Å². The Hall–Kier alpha value is -0.0800. The van der Waals surface area contributed by atoms with Crippen LogP contribution in [0.1, 0.15) is 45.4 Å². The van der Waals surface area contributed by atoms with E-state index in [9.17, 15) is 0 Å². The van der Waals surface area contributed by atoms with Crippen LogP contribution >= 0.6 is 0 Å². The highest BCUT2D eigenvalue weighted by Crippen LogP contribution is 2.57. The van der Waals surface area contributed by atoms with Gasteiger partial charge in [0.25, 0.3) is 0 Å². The van der Waals surface area contributed by atoms with Crippen LogP contribution < -0.4 is 5.32 Å². The van der Waals surface area contributed by atoms with Crippen LogP contribution in [0, 0.1) is 17.8 Å². The van der Waals surface area contributed by atoms with Crippen LogP contribution in [-0.2, 0) is 0 Å². The van der Waals surface area contributed by atoms with Gasteiger partial charge in [0.15, 0.2) is 0 Å². The molecule has 1 N–H and O–H groups in total. The van der Waals surface area contributed by atoms with Gasteiger partial charge in [-0.1, -0.05) is 0 Å². The third-order valence-corrected chi connectivity index (χ3v) is 6.05. The molecule has 2 heteroatoms. The summed E-state index contributed by atoms with van der Waals surface area (Å²) in [5.74, 6) is 3.27. The van der Waals surface area contributed by atoms with Gasteiger partial charge in [0.2, 0.25) is 0 Å². The summed E-state index contributed by atoms with van der Waals surface area (Å²) in [6.07, 6.45) is 9.31. The summed E-state index contributed by atoms with van der Waals surface area (Å²) in [4.78, 5) is 2.89. The summed E-state index contributed by atoms with van der Waals surface area (Å²) in [6, 6.07) is 0.705. The van der Waals surface area contributed by atoms with E-state index < -0.39 is 0 Å². The quantitative estimate of drug-likeness (QED) is 0.748. The normalized spacial score (nSPS) is 54.2. The number of hydrogen-bond acceptors (Lipinski definition) is 2. The molecular formula is C15H26N2. The highest BCUT2D eigenvalue weighted by Gasteiger charge is 2.53. The van der Waals surface area contributed by atoms with Crippen molar-refractivity contribution in [1.82, 2.24) is 10.2 Å². The molecule has 5 rings (SSSR count). The maximum atomic E-state index is 3.60. The SMILES string of the molecule is CC1CN(C23CC4CC(CC(C4)C2)C3)CCN1. The van der Waals surface area contributed by atoms with Crippen molar-refractivity contribution in [2.45, 2.75) is 57.0 Å². The van der Waals surface area contributed by atoms with Crippen LogP contribution in [0.2, 0.25) is 0 Å². The van der Waals surface area contributed by atoms with Gasteiger partial charge in [-0.05, 0) is 63.2 Å². The maximum absolute atomic E-state index is 3.60. The molecule has 4 aliphatic carbocycles. The molecule has 0 radical (unpaired) electrons. The Bertz CT molecular complexity index is 277.